The number of benzene rings is 2. The number of amides is 1. The highest BCUT2D eigenvalue weighted by molar-refractivity contribution is 5.92. The van der Waals surface area contributed by atoms with Gasteiger partial charge in [0.15, 0.2) is 5.82 Å². The lowest BCUT2D eigenvalue weighted by Gasteiger charge is -2.24. The fraction of sp³-hybridized carbons (Fsp3) is 0.423. The van der Waals surface area contributed by atoms with Crippen molar-refractivity contribution in [3.63, 3.8) is 0 Å². The van der Waals surface area contributed by atoms with Gasteiger partial charge in [-0.15, -0.1) is 0 Å². The Hall–Kier alpha value is -3.19. The van der Waals surface area contributed by atoms with E-state index in [0.717, 1.165) is 35.2 Å². The molecule has 1 saturated heterocycles. The second kappa shape index (κ2) is 8.98. The van der Waals surface area contributed by atoms with E-state index in [1.807, 2.05) is 52.0 Å². The summed E-state index contributed by atoms with van der Waals surface area (Å²) in [6.45, 7) is 9.35. The van der Waals surface area contributed by atoms with E-state index >= 15 is 0 Å². The number of phenolic OH excluding ortho intramolecular Hbond substituents is 1. The molecule has 0 unspecified atom stereocenters. The van der Waals surface area contributed by atoms with Crippen molar-refractivity contribution in [3.8, 4) is 17.1 Å². The molecule has 0 saturated carbocycles. The van der Waals surface area contributed by atoms with Gasteiger partial charge >= 0.3 is 0 Å². The third-order valence-corrected chi connectivity index (χ3v) is 5.92. The summed E-state index contributed by atoms with van der Waals surface area (Å²) in [5.74, 6) is 1.06. The largest absolute Gasteiger partial charge is 0.507 e. The molecule has 0 spiro atoms. The van der Waals surface area contributed by atoms with Gasteiger partial charge in [-0.1, -0.05) is 39.0 Å². The smallest absolute Gasteiger partial charge is 0.249 e. The first-order valence-electron chi connectivity index (χ1n) is 11.4. The van der Waals surface area contributed by atoms with Gasteiger partial charge < -0.3 is 20.4 Å². The van der Waals surface area contributed by atoms with Crippen LogP contribution >= 0.6 is 0 Å². The van der Waals surface area contributed by atoms with Gasteiger partial charge in [0.1, 0.15) is 17.7 Å². The molecule has 2 aromatic carbocycles. The Labute approximate surface area is 201 Å². The van der Waals surface area contributed by atoms with Crippen molar-refractivity contribution in [3.05, 3.63) is 48.0 Å². The molecule has 1 aliphatic rings. The lowest BCUT2D eigenvalue weighted by atomic mass is 9.89. The number of fused-ring (bicyclic) bond motifs is 1. The number of aryl methyl sites for hydroxylation is 1. The van der Waals surface area contributed by atoms with Crippen molar-refractivity contribution in [2.24, 2.45) is 5.41 Å². The molecular weight excluding hydrogens is 416 g/mol. The van der Waals surface area contributed by atoms with Gasteiger partial charge in [0.05, 0.1) is 11.1 Å². The molecule has 3 aromatic rings. The zero-order valence-electron chi connectivity index (χ0n) is 19.7. The number of carbonyl (C=O) groups excluding carboxylic acids is 1. The SMILES string of the molecule is Cc1ccc2c(N3CC[C@@H](NC(=O)[C@H](O)CC(C)(C)C)C3)nc(-c3ccccc3O)nc2c1.[HH].[HH].[HH].[HH].[HH]. The number of anilines is 1. The number of hydrogen-bond donors (Lipinski definition) is 3. The van der Waals surface area contributed by atoms with Crippen molar-refractivity contribution in [2.45, 2.75) is 52.7 Å². The molecule has 2 heterocycles. The van der Waals surface area contributed by atoms with E-state index in [1.165, 1.54) is 0 Å². The summed E-state index contributed by atoms with van der Waals surface area (Å²) in [4.78, 5) is 24.2. The molecule has 0 aliphatic carbocycles. The molecule has 1 aromatic heterocycles. The molecule has 1 amide bonds. The van der Waals surface area contributed by atoms with Crippen LogP contribution in [0.3, 0.4) is 0 Å². The maximum Gasteiger partial charge on any atom is 0.249 e. The summed E-state index contributed by atoms with van der Waals surface area (Å²) in [6.07, 6.45) is 0.154. The highest BCUT2D eigenvalue weighted by Gasteiger charge is 2.30. The van der Waals surface area contributed by atoms with E-state index in [-0.39, 0.29) is 30.2 Å². The summed E-state index contributed by atoms with van der Waals surface area (Å²) in [7, 11) is 0. The zero-order chi connectivity index (χ0) is 23.8. The molecule has 3 N–H and O–H groups in total. The summed E-state index contributed by atoms with van der Waals surface area (Å²) in [5, 5.41) is 24.6. The Morgan fingerprint density at radius 2 is 2.00 bits per heavy atom. The van der Waals surface area contributed by atoms with Crippen LogP contribution in [0.4, 0.5) is 5.82 Å². The Morgan fingerprint density at radius 3 is 2.73 bits per heavy atom. The number of hydrogen-bond acceptors (Lipinski definition) is 6. The van der Waals surface area contributed by atoms with Crippen LogP contribution < -0.4 is 10.2 Å². The van der Waals surface area contributed by atoms with Crippen LogP contribution in [0.5, 0.6) is 5.75 Å². The second-order valence-corrected chi connectivity index (χ2v) is 10.1. The maximum absolute atomic E-state index is 12.5. The van der Waals surface area contributed by atoms with Crippen molar-refractivity contribution in [2.75, 3.05) is 18.0 Å². The molecule has 7 heteroatoms. The van der Waals surface area contributed by atoms with E-state index in [9.17, 15) is 15.0 Å². The van der Waals surface area contributed by atoms with Gasteiger partial charge in [-0.3, -0.25) is 4.79 Å². The van der Waals surface area contributed by atoms with E-state index in [1.54, 1.807) is 18.2 Å². The third-order valence-electron chi connectivity index (χ3n) is 5.92. The standard InChI is InChI=1S/C26H32N4O3.5H2/c1-16-9-10-18-20(13-16)28-23(19-7-5-6-8-21(19)31)29-24(18)30-12-11-17(15-30)27-25(33)22(32)14-26(2,3)4;;;;;/h5-10,13,17,22,31-32H,11-12,14-15H2,1-4H3,(H,27,33);5*1H/t17-,22-;;;;;/m1...../s1. The van der Waals surface area contributed by atoms with E-state index < -0.39 is 6.10 Å². The van der Waals surface area contributed by atoms with Crippen LogP contribution in [-0.2, 0) is 4.79 Å². The normalized spacial score (nSPS) is 17.4. The highest BCUT2D eigenvalue weighted by atomic mass is 16.3. The molecule has 1 aliphatic heterocycles. The van der Waals surface area contributed by atoms with Crippen LogP contribution in [-0.4, -0.2) is 51.3 Å². The van der Waals surface area contributed by atoms with E-state index in [0.29, 0.717) is 24.4 Å². The molecule has 2 atom stereocenters. The summed E-state index contributed by atoms with van der Waals surface area (Å²) in [6, 6.07) is 13.1. The number of para-hydroxylation sites is 1. The first kappa shape index (κ1) is 23.0. The molecule has 184 valence electrons. The van der Waals surface area contributed by atoms with Crippen molar-refractivity contribution >= 4 is 22.6 Å². The first-order valence-corrected chi connectivity index (χ1v) is 11.4. The van der Waals surface area contributed by atoms with Crippen LogP contribution in [0.15, 0.2) is 42.5 Å². The second-order valence-electron chi connectivity index (χ2n) is 10.1. The predicted octanol–water partition coefficient (Wildman–Crippen LogP) is 5.03. The third kappa shape index (κ3) is 5.25. The molecular formula is C26H42N4O3. The molecule has 33 heavy (non-hydrogen) atoms. The quantitative estimate of drug-likeness (QED) is 0.496. The maximum atomic E-state index is 12.5. The van der Waals surface area contributed by atoms with Gasteiger partial charge in [-0.25, -0.2) is 9.97 Å². The number of aliphatic hydroxyl groups is 1. The molecule has 1 fully saturated rings. The summed E-state index contributed by atoms with van der Waals surface area (Å²) < 4.78 is 0. The van der Waals surface area contributed by atoms with Gasteiger partial charge in [0, 0.05) is 31.7 Å². The Kier molecular flexibility index (Phi) is 6.26. The molecule has 4 rings (SSSR count). The predicted molar refractivity (Wildman–Crippen MR) is 141 cm³/mol. The Balaban J connectivity index is 0. The van der Waals surface area contributed by atoms with Crippen LogP contribution in [0.1, 0.15) is 46.3 Å². The minimum absolute atomic E-state index is 0. The van der Waals surface area contributed by atoms with Crippen LogP contribution in [0.25, 0.3) is 22.3 Å². The fourth-order valence-electron chi connectivity index (χ4n) is 4.29. The van der Waals surface area contributed by atoms with Gasteiger partial charge in [-0.05, 0) is 55.0 Å². The number of nitrogens with zero attached hydrogens (tertiary/aromatic N) is 3. The number of aromatic hydroxyl groups is 1. The average Bonchev–Trinajstić information content (AvgIpc) is 3.20. The topological polar surface area (TPSA) is 98.6 Å². The number of phenols is 1. The fourth-order valence-corrected chi connectivity index (χ4v) is 4.29. The van der Waals surface area contributed by atoms with Gasteiger partial charge in [-0.2, -0.15) is 0 Å². The number of aliphatic hydroxyl groups excluding tert-OH is 1. The number of carbonyl (C=O) groups is 1. The van der Waals surface area contributed by atoms with Crippen molar-refractivity contribution in [1.82, 2.24) is 15.3 Å². The number of rotatable bonds is 5. The molecule has 0 radical (unpaired) electrons. The summed E-state index contributed by atoms with van der Waals surface area (Å²) in [5.41, 5.74) is 2.35. The molecule has 0 bridgehead atoms. The average molecular weight is 459 g/mol. The Bertz CT molecular complexity index is 1190. The Morgan fingerprint density at radius 1 is 1.24 bits per heavy atom. The monoisotopic (exact) mass is 458 g/mol. The zero-order valence-corrected chi connectivity index (χ0v) is 19.7. The molecule has 7 nitrogen and oxygen atoms in total. The first-order chi connectivity index (χ1) is 15.6. The van der Waals surface area contributed by atoms with Crippen molar-refractivity contribution in [1.29, 1.82) is 0 Å². The minimum Gasteiger partial charge on any atom is -0.507 e. The van der Waals surface area contributed by atoms with E-state index in [4.69, 9.17) is 9.97 Å². The number of aromatic nitrogens is 2. The summed E-state index contributed by atoms with van der Waals surface area (Å²) >= 11 is 0. The van der Waals surface area contributed by atoms with Gasteiger partial charge in [0.2, 0.25) is 5.91 Å². The van der Waals surface area contributed by atoms with Gasteiger partial charge in [0.25, 0.3) is 0 Å². The van der Waals surface area contributed by atoms with Crippen LogP contribution in [0, 0.1) is 12.3 Å². The van der Waals surface area contributed by atoms with Crippen LogP contribution in [0.2, 0.25) is 0 Å². The minimum atomic E-state index is -1.02. The lowest BCUT2D eigenvalue weighted by Crippen LogP contribution is -2.43. The highest BCUT2D eigenvalue weighted by Crippen LogP contribution is 2.33. The van der Waals surface area contributed by atoms with E-state index in [2.05, 4.69) is 10.2 Å². The lowest BCUT2D eigenvalue weighted by molar-refractivity contribution is -0.131. The van der Waals surface area contributed by atoms with Crippen molar-refractivity contribution < 1.29 is 22.1 Å². The number of nitrogens with one attached hydrogen (secondary N) is 1.